The number of amides is 1. The fourth-order valence-corrected chi connectivity index (χ4v) is 2.59. The summed E-state index contributed by atoms with van der Waals surface area (Å²) in [6, 6.07) is 22.5. The van der Waals surface area contributed by atoms with Crippen molar-refractivity contribution >= 4 is 23.7 Å². The van der Waals surface area contributed by atoms with Gasteiger partial charge in [0.15, 0.2) is 0 Å². The Morgan fingerprint density at radius 3 is 2.00 bits per heavy atom. The maximum atomic E-state index is 12.5. The summed E-state index contributed by atoms with van der Waals surface area (Å²) in [6.45, 7) is 0. The number of benzene rings is 3. The molecule has 0 fully saturated rings. The van der Waals surface area contributed by atoms with E-state index in [1.165, 1.54) is 0 Å². The first-order valence-corrected chi connectivity index (χ1v) is 8.56. The molecule has 0 radical (unpaired) electrons. The zero-order valence-electron chi connectivity index (χ0n) is 15.3. The first kappa shape index (κ1) is 18.3. The molecular weight excluding hydrogens is 338 g/mol. The number of hydrogen-bond donors (Lipinski definition) is 1. The van der Waals surface area contributed by atoms with Crippen LogP contribution in [0.2, 0.25) is 0 Å². The van der Waals surface area contributed by atoms with Gasteiger partial charge >= 0.3 is 0 Å². The monoisotopic (exact) mass is 359 g/mol. The van der Waals surface area contributed by atoms with Crippen LogP contribution < -0.4 is 14.8 Å². The molecule has 4 heteroatoms. The van der Waals surface area contributed by atoms with E-state index in [9.17, 15) is 4.79 Å². The summed E-state index contributed by atoms with van der Waals surface area (Å²) in [7, 11) is 3.24. The molecule has 0 aromatic heterocycles. The second-order valence-corrected chi connectivity index (χ2v) is 5.88. The Morgan fingerprint density at radius 1 is 0.778 bits per heavy atom. The second-order valence-electron chi connectivity index (χ2n) is 5.88. The fraction of sp³-hybridized carbons (Fsp3) is 0.0870. The van der Waals surface area contributed by atoms with Gasteiger partial charge in [-0.05, 0) is 53.6 Å². The fourth-order valence-electron chi connectivity index (χ4n) is 2.59. The third kappa shape index (κ3) is 4.76. The van der Waals surface area contributed by atoms with Gasteiger partial charge in [0.1, 0.15) is 11.5 Å². The van der Waals surface area contributed by atoms with Crippen LogP contribution in [0.25, 0.3) is 12.2 Å². The Hall–Kier alpha value is -3.53. The van der Waals surface area contributed by atoms with Crippen molar-refractivity contribution in [2.45, 2.75) is 0 Å². The minimum atomic E-state index is -0.164. The summed E-state index contributed by atoms with van der Waals surface area (Å²) in [5, 5.41) is 2.97. The second kappa shape index (κ2) is 8.72. The highest BCUT2D eigenvalue weighted by atomic mass is 16.5. The van der Waals surface area contributed by atoms with Crippen molar-refractivity contribution < 1.29 is 14.3 Å². The maximum Gasteiger partial charge on any atom is 0.255 e. The predicted molar refractivity (Wildman–Crippen MR) is 109 cm³/mol. The summed E-state index contributed by atoms with van der Waals surface area (Å²) >= 11 is 0. The number of carbonyl (C=O) groups is 1. The van der Waals surface area contributed by atoms with E-state index in [0.29, 0.717) is 5.56 Å². The Balaban J connectivity index is 1.76. The molecule has 4 nitrogen and oxygen atoms in total. The van der Waals surface area contributed by atoms with Crippen LogP contribution in [0.4, 0.5) is 5.69 Å². The third-order valence-corrected chi connectivity index (χ3v) is 4.13. The van der Waals surface area contributed by atoms with Crippen LogP contribution in [-0.4, -0.2) is 20.1 Å². The SMILES string of the molecule is COc1ccc(/C=C/c2ccccc2NC(=O)c2ccc(OC)cc2)cc1. The van der Waals surface area contributed by atoms with Crippen molar-refractivity contribution in [2.24, 2.45) is 0 Å². The number of methoxy groups -OCH3 is 2. The topological polar surface area (TPSA) is 47.6 Å². The van der Waals surface area contributed by atoms with Crippen molar-refractivity contribution in [2.75, 3.05) is 19.5 Å². The van der Waals surface area contributed by atoms with Gasteiger partial charge < -0.3 is 14.8 Å². The molecule has 0 atom stereocenters. The average Bonchev–Trinajstić information content (AvgIpc) is 2.73. The van der Waals surface area contributed by atoms with E-state index in [-0.39, 0.29) is 5.91 Å². The molecule has 3 aromatic rings. The highest BCUT2D eigenvalue weighted by molar-refractivity contribution is 6.05. The van der Waals surface area contributed by atoms with Crippen molar-refractivity contribution in [1.82, 2.24) is 0 Å². The highest BCUT2D eigenvalue weighted by Gasteiger charge is 2.08. The van der Waals surface area contributed by atoms with Crippen LogP contribution in [0, 0.1) is 0 Å². The summed E-state index contributed by atoms with van der Waals surface area (Å²) in [6.07, 6.45) is 3.98. The van der Waals surface area contributed by atoms with Crippen LogP contribution in [0.5, 0.6) is 11.5 Å². The minimum Gasteiger partial charge on any atom is -0.497 e. The van der Waals surface area contributed by atoms with Gasteiger partial charge in [-0.15, -0.1) is 0 Å². The smallest absolute Gasteiger partial charge is 0.255 e. The molecule has 0 heterocycles. The predicted octanol–water partition coefficient (Wildman–Crippen LogP) is 5.13. The van der Waals surface area contributed by atoms with E-state index in [1.807, 2.05) is 60.7 Å². The molecule has 1 N–H and O–H groups in total. The Labute approximate surface area is 159 Å². The van der Waals surface area contributed by atoms with Crippen LogP contribution in [0.3, 0.4) is 0 Å². The lowest BCUT2D eigenvalue weighted by Gasteiger charge is -2.09. The lowest BCUT2D eigenvalue weighted by atomic mass is 10.1. The van der Waals surface area contributed by atoms with Crippen molar-refractivity contribution in [1.29, 1.82) is 0 Å². The minimum absolute atomic E-state index is 0.164. The van der Waals surface area contributed by atoms with E-state index >= 15 is 0 Å². The Bertz CT molecular complexity index is 929. The third-order valence-electron chi connectivity index (χ3n) is 4.13. The molecule has 0 spiro atoms. The molecule has 0 bridgehead atoms. The summed E-state index contributed by atoms with van der Waals surface area (Å²) < 4.78 is 10.3. The zero-order valence-corrected chi connectivity index (χ0v) is 15.3. The van der Waals surface area contributed by atoms with Crippen molar-refractivity contribution in [3.05, 3.63) is 89.5 Å². The van der Waals surface area contributed by atoms with Gasteiger partial charge in [-0.1, -0.05) is 42.5 Å². The van der Waals surface area contributed by atoms with Gasteiger partial charge in [-0.2, -0.15) is 0 Å². The van der Waals surface area contributed by atoms with Gasteiger partial charge in [0.25, 0.3) is 5.91 Å². The van der Waals surface area contributed by atoms with Crippen LogP contribution in [0.15, 0.2) is 72.8 Å². The van der Waals surface area contributed by atoms with E-state index in [1.54, 1.807) is 38.5 Å². The molecule has 0 aliphatic rings. The quantitative estimate of drug-likeness (QED) is 0.621. The number of nitrogens with one attached hydrogen (secondary N) is 1. The molecular formula is C23H21NO3. The molecule has 27 heavy (non-hydrogen) atoms. The number of carbonyl (C=O) groups excluding carboxylic acids is 1. The Morgan fingerprint density at radius 2 is 1.37 bits per heavy atom. The van der Waals surface area contributed by atoms with Crippen molar-refractivity contribution in [3.63, 3.8) is 0 Å². The number of hydrogen-bond acceptors (Lipinski definition) is 3. The molecule has 0 aliphatic carbocycles. The standard InChI is InChI=1S/C23H21NO3/c1-26-20-13-8-17(9-14-20)7-10-18-5-3-4-6-22(18)24-23(25)19-11-15-21(27-2)16-12-19/h3-16H,1-2H3,(H,24,25)/b10-7+. The number of para-hydroxylation sites is 1. The summed E-state index contributed by atoms with van der Waals surface area (Å²) in [5.41, 5.74) is 3.30. The number of rotatable bonds is 6. The molecule has 0 saturated carbocycles. The van der Waals surface area contributed by atoms with Crippen LogP contribution in [0.1, 0.15) is 21.5 Å². The lowest BCUT2D eigenvalue weighted by Crippen LogP contribution is -2.12. The Kier molecular flexibility index (Phi) is 5.90. The van der Waals surface area contributed by atoms with E-state index in [4.69, 9.17) is 9.47 Å². The average molecular weight is 359 g/mol. The van der Waals surface area contributed by atoms with Crippen LogP contribution in [-0.2, 0) is 0 Å². The number of anilines is 1. The van der Waals surface area contributed by atoms with Gasteiger partial charge in [0.05, 0.1) is 14.2 Å². The van der Waals surface area contributed by atoms with Gasteiger partial charge in [0, 0.05) is 11.3 Å². The van der Waals surface area contributed by atoms with Gasteiger partial charge in [-0.25, -0.2) is 0 Å². The van der Waals surface area contributed by atoms with Crippen molar-refractivity contribution in [3.8, 4) is 11.5 Å². The molecule has 0 aliphatic heterocycles. The summed E-state index contributed by atoms with van der Waals surface area (Å²) in [5.74, 6) is 1.37. The molecule has 3 aromatic carbocycles. The van der Waals surface area contributed by atoms with Crippen LogP contribution >= 0.6 is 0 Å². The van der Waals surface area contributed by atoms with E-state index in [2.05, 4.69) is 5.32 Å². The highest BCUT2D eigenvalue weighted by Crippen LogP contribution is 2.21. The molecule has 0 unspecified atom stereocenters. The van der Waals surface area contributed by atoms with Gasteiger partial charge in [0.2, 0.25) is 0 Å². The normalized spacial score (nSPS) is 10.6. The first-order chi connectivity index (χ1) is 13.2. The largest absolute Gasteiger partial charge is 0.497 e. The molecule has 0 saturated heterocycles. The first-order valence-electron chi connectivity index (χ1n) is 8.56. The maximum absolute atomic E-state index is 12.5. The molecule has 3 rings (SSSR count). The van der Waals surface area contributed by atoms with E-state index < -0.39 is 0 Å². The number of ether oxygens (including phenoxy) is 2. The molecule has 136 valence electrons. The van der Waals surface area contributed by atoms with E-state index in [0.717, 1.165) is 28.3 Å². The summed E-state index contributed by atoms with van der Waals surface area (Å²) in [4.78, 5) is 12.5. The van der Waals surface area contributed by atoms with Gasteiger partial charge in [-0.3, -0.25) is 4.79 Å². The lowest BCUT2D eigenvalue weighted by molar-refractivity contribution is 0.102. The molecule has 1 amide bonds. The zero-order chi connectivity index (χ0) is 19.1.